The van der Waals surface area contributed by atoms with Crippen molar-refractivity contribution in [2.45, 2.75) is 25.7 Å². The molecule has 2 N–H and O–H groups in total. The zero-order valence-electron chi connectivity index (χ0n) is 6.87. The quantitative estimate of drug-likeness (QED) is 0.742. The van der Waals surface area contributed by atoms with Gasteiger partial charge in [0.05, 0.1) is 0 Å². The number of hydrogen-bond acceptors (Lipinski definition) is 4. The van der Waals surface area contributed by atoms with Crippen LogP contribution in [0.5, 0.6) is 0 Å². The van der Waals surface area contributed by atoms with E-state index in [0.717, 1.165) is 11.4 Å². The van der Waals surface area contributed by atoms with Crippen molar-refractivity contribution in [1.29, 1.82) is 0 Å². The summed E-state index contributed by atoms with van der Waals surface area (Å²) in [5, 5.41) is 8.86. The van der Waals surface area contributed by atoms with Crippen LogP contribution >= 0.6 is 11.3 Å². The van der Waals surface area contributed by atoms with E-state index in [1.165, 1.54) is 0 Å². The second-order valence-electron chi connectivity index (χ2n) is 2.86. The van der Waals surface area contributed by atoms with E-state index >= 15 is 0 Å². The van der Waals surface area contributed by atoms with E-state index in [9.17, 15) is 0 Å². The van der Waals surface area contributed by atoms with E-state index in [0.29, 0.717) is 6.54 Å². The monoisotopic (exact) mass is 171 g/mol. The molecule has 0 amide bonds. The highest BCUT2D eigenvalue weighted by atomic mass is 32.1. The van der Waals surface area contributed by atoms with E-state index < -0.39 is 0 Å². The summed E-state index contributed by atoms with van der Waals surface area (Å²) in [6.07, 6.45) is 1.01. The Balaban J connectivity index is 2.87. The van der Waals surface area contributed by atoms with Crippen molar-refractivity contribution in [3.05, 3.63) is 10.5 Å². The summed E-state index contributed by atoms with van der Waals surface area (Å²) >= 11 is 1.58. The molecule has 11 heavy (non-hydrogen) atoms. The molecule has 1 heterocycles. The lowest BCUT2D eigenvalue weighted by molar-refractivity contribution is 0.461. The van der Waals surface area contributed by atoms with Crippen LogP contribution in [0.3, 0.4) is 0 Å². The molecule has 1 aromatic rings. The molecule has 0 aromatic carbocycles. The normalized spacial score (nSPS) is 16.3. The van der Waals surface area contributed by atoms with Crippen LogP contribution < -0.4 is 5.73 Å². The first-order chi connectivity index (χ1) is 5.23. The van der Waals surface area contributed by atoms with Gasteiger partial charge in [-0.1, -0.05) is 13.8 Å². The second kappa shape index (κ2) is 3.28. The van der Waals surface area contributed by atoms with E-state index in [2.05, 4.69) is 24.0 Å². The van der Waals surface area contributed by atoms with Crippen LogP contribution in [0.2, 0.25) is 0 Å². The molecular weight excluding hydrogens is 158 g/mol. The van der Waals surface area contributed by atoms with E-state index in [4.69, 9.17) is 5.73 Å². The van der Waals surface area contributed by atoms with Gasteiger partial charge in [-0.15, -0.1) is 21.5 Å². The topological polar surface area (TPSA) is 51.8 Å². The van der Waals surface area contributed by atoms with Crippen molar-refractivity contribution >= 4 is 11.3 Å². The minimum atomic E-state index is 0.0289. The molecule has 0 aliphatic rings. The van der Waals surface area contributed by atoms with Crippen LogP contribution in [-0.4, -0.2) is 16.7 Å². The van der Waals surface area contributed by atoms with Gasteiger partial charge in [0, 0.05) is 12.0 Å². The van der Waals surface area contributed by atoms with Crippen molar-refractivity contribution in [3.8, 4) is 0 Å². The number of nitrogens with zero attached hydrogens (tertiary/aromatic N) is 2. The maximum atomic E-state index is 5.65. The highest BCUT2D eigenvalue weighted by Gasteiger charge is 2.25. The van der Waals surface area contributed by atoms with Gasteiger partial charge in [0.1, 0.15) is 10.5 Å². The molecule has 0 spiro atoms. The Labute approximate surface area is 70.6 Å². The zero-order valence-corrected chi connectivity index (χ0v) is 7.69. The number of nitrogens with two attached hydrogens (primary N) is 1. The Kier molecular flexibility index (Phi) is 2.57. The van der Waals surface area contributed by atoms with Crippen molar-refractivity contribution < 1.29 is 0 Å². The zero-order chi connectivity index (χ0) is 8.32. The Morgan fingerprint density at radius 2 is 2.45 bits per heavy atom. The number of rotatable bonds is 3. The minimum absolute atomic E-state index is 0.0289. The van der Waals surface area contributed by atoms with Crippen LogP contribution in [-0.2, 0) is 5.41 Å². The Bertz CT molecular complexity index is 203. The molecule has 1 rings (SSSR count). The summed E-state index contributed by atoms with van der Waals surface area (Å²) in [7, 11) is 0. The molecule has 0 aliphatic carbocycles. The summed E-state index contributed by atoms with van der Waals surface area (Å²) in [6.45, 7) is 4.88. The minimum Gasteiger partial charge on any atom is -0.330 e. The number of aromatic nitrogens is 2. The molecule has 1 aromatic heterocycles. The van der Waals surface area contributed by atoms with Crippen molar-refractivity contribution in [2.75, 3.05) is 6.54 Å². The summed E-state index contributed by atoms with van der Waals surface area (Å²) < 4.78 is 0. The molecule has 62 valence electrons. The average Bonchev–Trinajstić information content (AvgIpc) is 2.55. The summed E-state index contributed by atoms with van der Waals surface area (Å²) in [5.41, 5.74) is 7.43. The standard InChI is InChI=1S/C7H13N3S/c1-3-7(2,4-8)6-10-9-5-11-6/h5H,3-4,8H2,1-2H3. The first-order valence-electron chi connectivity index (χ1n) is 3.69. The van der Waals surface area contributed by atoms with Gasteiger partial charge in [0.2, 0.25) is 0 Å². The van der Waals surface area contributed by atoms with Gasteiger partial charge in [-0.05, 0) is 6.42 Å². The van der Waals surface area contributed by atoms with Gasteiger partial charge in [-0.3, -0.25) is 0 Å². The van der Waals surface area contributed by atoms with E-state index in [1.807, 2.05) is 0 Å². The fraction of sp³-hybridized carbons (Fsp3) is 0.714. The lowest BCUT2D eigenvalue weighted by Crippen LogP contribution is -2.30. The van der Waals surface area contributed by atoms with Crippen molar-refractivity contribution in [3.63, 3.8) is 0 Å². The second-order valence-corrected chi connectivity index (χ2v) is 3.70. The molecule has 3 nitrogen and oxygen atoms in total. The lowest BCUT2D eigenvalue weighted by atomic mass is 9.89. The largest absolute Gasteiger partial charge is 0.330 e. The molecular formula is C7H13N3S. The van der Waals surface area contributed by atoms with Crippen LogP contribution in [0.1, 0.15) is 25.3 Å². The van der Waals surface area contributed by atoms with Crippen molar-refractivity contribution in [1.82, 2.24) is 10.2 Å². The summed E-state index contributed by atoms with van der Waals surface area (Å²) in [4.78, 5) is 0. The molecule has 0 fully saturated rings. The average molecular weight is 171 g/mol. The predicted octanol–water partition coefficient (Wildman–Crippen LogP) is 1.16. The first-order valence-corrected chi connectivity index (χ1v) is 4.57. The summed E-state index contributed by atoms with van der Waals surface area (Å²) in [6, 6.07) is 0. The van der Waals surface area contributed by atoms with Crippen LogP contribution in [0.4, 0.5) is 0 Å². The van der Waals surface area contributed by atoms with Crippen LogP contribution in [0.25, 0.3) is 0 Å². The Morgan fingerprint density at radius 1 is 1.73 bits per heavy atom. The molecule has 1 unspecified atom stereocenters. The highest BCUT2D eigenvalue weighted by Crippen LogP contribution is 2.26. The fourth-order valence-corrected chi connectivity index (χ4v) is 1.62. The smallest absolute Gasteiger partial charge is 0.124 e. The molecule has 0 aliphatic heterocycles. The van der Waals surface area contributed by atoms with Crippen LogP contribution in [0.15, 0.2) is 5.51 Å². The van der Waals surface area contributed by atoms with Gasteiger partial charge in [0.15, 0.2) is 0 Å². The van der Waals surface area contributed by atoms with Gasteiger partial charge in [-0.2, -0.15) is 0 Å². The van der Waals surface area contributed by atoms with Gasteiger partial charge < -0.3 is 5.73 Å². The van der Waals surface area contributed by atoms with Crippen LogP contribution in [0, 0.1) is 0 Å². The molecule has 0 radical (unpaired) electrons. The molecule has 0 saturated heterocycles. The first kappa shape index (κ1) is 8.62. The summed E-state index contributed by atoms with van der Waals surface area (Å²) in [5.74, 6) is 0. The predicted molar refractivity (Wildman–Crippen MR) is 46.6 cm³/mol. The van der Waals surface area contributed by atoms with E-state index in [1.54, 1.807) is 16.8 Å². The lowest BCUT2D eigenvalue weighted by Gasteiger charge is -2.22. The van der Waals surface area contributed by atoms with Crippen molar-refractivity contribution in [2.24, 2.45) is 5.73 Å². The maximum Gasteiger partial charge on any atom is 0.124 e. The van der Waals surface area contributed by atoms with Gasteiger partial charge >= 0.3 is 0 Å². The third kappa shape index (κ3) is 1.57. The molecule has 4 heteroatoms. The van der Waals surface area contributed by atoms with Gasteiger partial charge in [-0.25, -0.2) is 0 Å². The highest BCUT2D eigenvalue weighted by molar-refractivity contribution is 7.09. The number of hydrogen-bond donors (Lipinski definition) is 1. The maximum absolute atomic E-state index is 5.65. The molecule has 0 saturated carbocycles. The molecule has 0 bridgehead atoms. The Hall–Kier alpha value is -0.480. The third-order valence-corrected chi connectivity index (χ3v) is 3.10. The van der Waals surface area contributed by atoms with Gasteiger partial charge in [0.25, 0.3) is 0 Å². The van der Waals surface area contributed by atoms with E-state index in [-0.39, 0.29) is 5.41 Å². The SMILES string of the molecule is CCC(C)(CN)c1nncs1. The fourth-order valence-electron chi connectivity index (χ4n) is 0.819. The Morgan fingerprint density at radius 3 is 2.82 bits per heavy atom. The third-order valence-electron chi connectivity index (χ3n) is 2.11. The molecule has 1 atom stereocenters.